The molecule has 2 heterocycles. The van der Waals surface area contributed by atoms with E-state index in [4.69, 9.17) is 4.42 Å². The van der Waals surface area contributed by atoms with Crippen molar-refractivity contribution in [1.82, 2.24) is 9.99 Å². The van der Waals surface area contributed by atoms with Gasteiger partial charge in [0.15, 0.2) is 5.76 Å². The average Bonchev–Trinajstić information content (AvgIpc) is 3.29. The fourth-order valence-corrected chi connectivity index (χ4v) is 4.66. The molecule has 0 fully saturated rings. The molecule has 0 saturated carbocycles. The van der Waals surface area contributed by atoms with E-state index in [1.165, 1.54) is 0 Å². The zero-order chi connectivity index (χ0) is 19.7. The van der Waals surface area contributed by atoms with Gasteiger partial charge in [-0.1, -0.05) is 31.9 Å². The first kappa shape index (κ1) is 19.4. The number of rotatable bonds is 4. The second kappa shape index (κ2) is 8.22. The van der Waals surface area contributed by atoms with Gasteiger partial charge in [-0.3, -0.25) is 4.79 Å². The van der Waals surface area contributed by atoms with E-state index in [0.29, 0.717) is 5.58 Å². The first-order valence-electron chi connectivity index (χ1n) is 8.16. The molecule has 4 aromatic rings. The van der Waals surface area contributed by atoms with Gasteiger partial charge in [0.05, 0.1) is 15.5 Å². The van der Waals surface area contributed by atoms with Crippen LogP contribution in [-0.2, 0) is 0 Å². The number of benzene rings is 2. The maximum absolute atomic E-state index is 12.4. The molecule has 0 saturated heterocycles. The van der Waals surface area contributed by atoms with Crippen LogP contribution in [0.25, 0.3) is 16.7 Å². The van der Waals surface area contributed by atoms with E-state index in [1.54, 1.807) is 12.3 Å². The number of nitrogens with one attached hydrogen (secondary N) is 1. The Labute approximate surface area is 191 Å². The van der Waals surface area contributed by atoms with E-state index < -0.39 is 5.91 Å². The largest absolute Gasteiger partial charge is 0.450 e. The molecule has 2 aromatic heterocycles. The number of carbonyl (C=O) groups excluding carboxylic acids is 1. The van der Waals surface area contributed by atoms with E-state index >= 15 is 0 Å². The lowest BCUT2D eigenvalue weighted by Crippen LogP contribution is -2.17. The molecular weight excluding hydrogens is 601 g/mol. The van der Waals surface area contributed by atoms with Gasteiger partial charge >= 0.3 is 5.91 Å². The maximum Gasteiger partial charge on any atom is 0.307 e. The number of fused-ring (bicyclic) bond motifs is 1. The Morgan fingerprint density at radius 2 is 1.89 bits per heavy atom. The van der Waals surface area contributed by atoms with Crippen LogP contribution in [-0.4, -0.2) is 16.7 Å². The van der Waals surface area contributed by atoms with E-state index in [2.05, 4.69) is 65.0 Å². The predicted octanol–water partition coefficient (Wildman–Crippen LogP) is 6.12. The van der Waals surface area contributed by atoms with E-state index in [9.17, 15) is 4.79 Å². The van der Waals surface area contributed by atoms with Crippen molar-refractivity contribution in [2.24, 2.45) is 5.10 Å². The first-order chi connectivity index (χ1) is 13.5. The van der Waals surface area contributed by atoms with Gasteiger partial charge in [-0.15, -0.1) is 0 Å². The first-order valence-corrected chi connectivity index (χ1v) is 10.8. The highest BCUT2D eigenvalue weighted by Gasteiger charge is 2.14. The molecule has 0 aliphatic rings. The third-order valence-corrected chi connectivity index (χ3v) is 5.80. The Morgan fingerprint density at radius 3 is 2.68 bits per heavy atom. The number of amides is 1. The van der Waals surface area contributed by atoms with Gasteiger partial charge < -0.3 is 8.98 Å². The lowest BCUT2D eigenvalue weighted by Gasteiger charge is -2.06. The smallest absolute Gasteiger partial charge is 0.307 e. The molecule has 0 unspecified atom stereocenters. The second-order valence-electron chi connectivity index (χ2n) is 5.90. The van der Waals surface area contributed by atoms with Crippen LogP contribution in [0.15, 0.2) is 79.3 Å². The summed E-state index contributed by atoms with van der Waals surface area (Å²) in [7, 11) is 0. The minimum Gasteiger partial charge on any atom is -0.450 e. The van der Waals surface area contributed by atoms with Crippen molar-refractivity contribution in [3.8, 4) is 5.69 Å². The molecule has 0 radical (unpaired) electrons. The van der Waals surface area contributed by atoms with Crippen molar-refractivity contribution in [2.75, 3.05) is 0 Å². The van der Waals surface area contributed by atoms with Gasteiger partial charge in [-0.2, -0.15) is 5.10 Å². The van der Waals surface area contributed by atoms with Crippen LogP contribution in [0.2, 0.25) is 0 Å². The summed E-state index contributed by atoms with van der Waals surface area (Å²) in [6.45, 7) is 0. The molecule has 0 spiro atoms. The quantitative estimate of drug-likeness (QED) is 0.172. The fraction of sp³-hybridized carbons (Fsp3) is 0. The van der Waals surface area contributed by atoms with Gasteiger partial charge in [0.2, 0.25) is 0 Å². The Balaban J connectivity index is 1.51. The van der Waals surface area contributed by atoms with Crippen molar-refractivity contribution < 1.29 is 9.21 Å². The lowest BCUT2D eigenvalue weighted by molar-refractivity contribution is 0.0929. The molecule has 0 aliphatic carbocycles. The van der Waals surface area contributed by atoms with E-state index in [-0.39, 0.29) is 5.76 Å². The molecule has 0 atom stereocenters. The van der Waals surface area contributed by atoms with Gasteiger partial charge in [-0.05, 0) is 77.2 Å². The summed E-state index contributed by atoms with van der Waals surface area (Å²) in [5.41, 5.74) is 5.04. The average molecular weight is 613 g/mol. The lowest BCUT2D eigenvalue weighted by atomic mass is 10.2. The van der Waals surface area contributed by atoms with E-state index in [0.717, 1.165) is 29.3 Å². The van der Waals surface area contributed by atoms with Crippen LogP contribution in [0.4, 0.5) is 0 Å². The molecule has 8 heteroatoms. The van der Waals surface area contributed by atoms with Crippen molar-refractivity contribution in [3.63, 3.8) is 0 Å². The Hall–Kier alpha value is -1.91. The van der Waals surface area contributed by atoms with Gasteiger partial charge in [0, 0.05) is 26.2 Å². The van der Waals surface area contributed by atoms with Crippen molar-refractivity contribution in [3.05, 3.63) is 84.8 Å². The number of carbonyl (C=O) groups is 1. The third-order valence-electron chi connectivity index (χ3n) is 4.01. The summed E-state index contributed by atoms with van der Waals surface area (Å²) in [6, 6.07) is 17.3. The normalized spacial score (nSPS) is 11.4. The van der Waals surface area contributed by atoms with Crippen LogP contribution in [0, 0.1) is 3.57 Å². The van der Waals surface area contributed by atoms with Crippen molar-refractivity contribution in [2.45, 2.75) is 0 Å². The van der Waals surface area contributed by atoms with Crippen LogP contribution >= 0.6 is 54.5 Å². The summed E-state index contributed by atoms with van der Waals surface area (Å²) in [5, 5.41) is 4.94. The molecule has 1 amide bonds. The molecule has 140 valence electrons. The molecule has 28 heavy (non-hydrogen) atoms. The van der Waals surface area contributed by atoms with E-state index in [1.807, 2.05) is 59.3 Å². The second-order valence-corrected chi connectivity index (χ2v) is 8.89. The SMILES string of the molecule is O=C(N/N=C\c1cccn1-c1ccc(Br)cc1)c1cc2cc(Br)cc(I)c2o1. The zero-order valence-corrected chi connectivity index (χ0v) is 19.5. The van der Waals surface area contributed by atoms with Gasteiger partial charge in [0.25, 0.3) is 0 Å². The molecule has 4 rings (SSSR count). The third kappa shape index (κ3) is 4.08. The Kier molecular flexibility index (Phi) is 5.70. The maximum atomic E-state index is 12.4. The minimum atomic E-state index is -0.402. The summed E-state index contributed by atoms with van der Waals surface area (Å²) in [4.78, 5) is 12.4. The molecule has 2 aromatic carbocycles. The van der Waals surface area contributed by atoms with Crippen LogP contribution in [0.1, 0.15) is 16.2 Å². The number of furan rings is 1. The topological polar surface area (TPSA) is 59.5 Å². The minimum absolute atomic E-state index is 0.214. The number of nitrogens with zero attached hydrogens (tertiary/aromatic N) is 2. The Morgan fingerprint density at radius 1 is 1.11 bits per heavy atom. The highest BCUT2D eigenvalue weighted by molar-refractivity contribution is 14.1. The fourth-order valence-electron chi connectivity index (χ4n) is 2.74. The molecule has 0 aliphatic heterocycles. The van der Waals surface area contributed by atoms with Crippen LogP contribution in [0.5, 0.6) is 0 Å². The molecular formula is C20H12Br2IN3O2. The van der Waals surface area contributed by atoms with Crippen molar-refractivity contribution in [1.29, 1.82) is 0 Å². The molecule has 5 nitrogen and oxygen atoms in total. The number of hydrogen-bond donors (Lipinski definition) is 1. The molecule has 0 bridgehead atoms. The number of hydrogen-bond acceptors (Lipinski definition) is 3. The summed E-state index contributed by atoms with van der Waals surface area (Å²) < 4.78 is 10.5. The van der Waals surface area contributed by atoms with Crippen LogP contribution in [0.3, 0.4) is 0 Å². The van der Waals surface area contributed by atoms with Crippen molar-refractivity contribution >= 4 is 77.5 Å². The Bertz CT molecular complexity index is 1200. The molecule has 1 N–H and O–H groups in total. The van der Waals surface area contributed by atoms with Gasteiger partial charge in [-0.25, -0.2) is 5.43 Å². The highest BCUT2D eigenvalue weighted by atomic mass is 127. The standard InChI is InChI=1S/C20H12Br2IN3O2/c21-13-3-5-15(6-4-13)26-7-1-2-16(26)11-24-25-20(27)18-9-12-8-14(22)10-17(23)19(12)28-18/h1-11H,(H,25,27)/b24-11-. The zero-order valence-electron chi connectivity index (χ0n) is 14.2. The monoisotopic (exact) mass is 611 g/mol. The van der Waals surface area contributed by atoms with Gasteiger partial charge in [0.1, 0.15) is 5.58 Å². The summed E-state index contributed by atoms with van der Waals surface area (Å²) in [6.07, 6.45) is 3.54. The summed E-state index contributed by atoms with van der Waals surface area (Å²) in [5.74, 6) is -0.187. The predicted molar refractivity (Wildman–Crippen MR) is 125 cm³/mol. The number of hydrazone groups is 1. The number of halogens is 3. The summed E-state index contributed by atoms with van der Waals surface area (Å²) >= 11 is 9.06. The number of aromatic nitrogens is 1. The van der Waals surface area contributed by atoms with Crippen LogP contribution < -0.4 is 5.43 Å². The highest BCUT2D eigenvalue weighted by Crippen LogP contribution is 2.28.